The van der Waals surface area contributed by atoms with Crippen LogP contribution in [0.5, 0.6) is 0 Å². The van der Waals surface area contributed by atoms with Crippen LogP contribution in [-0.4, -0.2) is 27.7 Å². The quantitative estimate of drug-likeness (QED) is 0.788. The van der Waals surface area contributed by atoms with Gasteiger partial charge >= 0.3 is 0 Å². The molecule has 1 unspecified atom stereocenters. The van der Waals surface area contributed by atoms with Crippen LogP contribution in [0.3, 0.4) is 0 Å². The van der Waals surface area contributed by atoms with Gasteiger partial charge in [0.25, 0.3) is 0 Å². The molecule has 0 bridgehead atoms. The fourth-order valence-corrected chi connectivity index (χ4v) is 2.21. The van der Waals surface area contributed by atoms with Gasteiger partial charge in [0.1, 0.15) is 16.8 Å². The molecule has 1 atom stereocenters. The van der Waals surface area contributed by atoms with Crippen molar-refractivity contribution in [1.82, 2.24) is 9.97 Å². The molecule has 0 aliphatic rings. The highest BCUT2D eigenvalue weighted by Crippen LogP contribution is 2.28. The lowest BCUT2D eigenvalue weighted by atomic mass is 9.85. The highest BCUT2D eigenvalue weighted by molar-refractivity contribution is 6.30. The number of rotatable bonds is 6. The van der Waals surface area contributed by atoms with E-state index in [4.69, 9.17) is 11.6 Å². The van der Waals surface area contributed by atoms with Gasteiger partial charge in [-0.05, 0) is 25.2 Å². The molecular weight excluding hydrogens is 274 g/mol. The van der Waals surface area contributed by atoms with Crippen LogP contribution >= 0.6 is 11.6 Å². The van der Waals surface area contributed by atoms with Gasteiger partial charge in [0.2, 0.25) is 0 Å². The number of hydrogen-bond acceptors (Lipinski definition) is 4. The molecule has 1 aromatic heterocycles. The highest BCUT2D eigenvalue weighted by atomic mass is 35.5. The molecule has 0 spiro atoms. The van der Waals surface area contributed by atoms with Crippen molar-refractivity contribution in [2.45, 2.75) is 59.9 Å². The Labute approximate surface area is 127 Å². The fraction of sp³-hybridized carbons (Fsp3) is 0.733. The minimum atomic E-state index is 0.0253. The molecule has 2 N–H and O–H groups in total. The summed E-state index contributed by atoms with van der Waals surface area (Å²) in [5.74, 6) is 1.55. The first-order valence-electron chi connectivity index (χ1n) is 7.20. The third-order valence-corrected chi connectivity index (χ3v) is 3.75. The minimum Gasteiger partial charge on any atom is -0.396 e. The summed E-state index contributed by atoms with van der Waals surface area (Å²) in [6.45, 7) is 10.6. The number of nitrogens with one attached hydrogen (secondary N) is 1. The van der Waals surface area contributed by atoms with Crippen LogP contribution < -0.4 is 5.32 Å². The molecule has 1 rings (SSSR count). The minimum absolute atomic E-state index is 0.0253. The molecule has 0 aliphatic carbocycles. The second kappa shape index (κ2) is 7.23. The summed E-state index contributed by atoms with van der Waals surface area (Å²) in [6.07, 6.45) is 2.47. The van der Waals surface area contributed by atoms with Crippen molar-refractivity contribution in [3.63, 3.8) is 0 Å². The Morgan fingerprint density at radius 3 is 2.45 bits per heavy atom. The van der Waals surface area contributed by atoms with E-state index in [1.54, 1.807) is 0 Å². The Bertz CT molecular complexity index is 443. The lowest BCUT2D eigenvalue weighted by Crippen LogP contribution is -2.35. The summed E-state index contributed by atoms with van der Waals surface area (Å²) in [6, 6.07) is 0.131. The van der Waals surface area contributed by atoms with Gasteiger partial charge in [-0.25, -0.2) is 9.97 Å². The van der Waals surface area contributed by atoms with Crippen LogP contribution in [0.25, 0.3) is 0 Å². The maximum absolute atomic E-state index is 9.24. The zero-order valence-corrected chi connectivity index (χ0v) is 13.9. The maximum Gasteiger partial charge on any atom is 0.137 e. The predicted octanol–water partition coefficient (Wildman–Crippen LogP) is 3.60. The monoisotopic (exact) mass is 299 g/mol. The van der Waals surface area contributed by atoms with E-state index in [2.05, 4.69) is 43.0 Å². The summed E-state index contributed by atoms with van der Waals surface area (Å²) in [7, 11) is 0. The Morgan fingerprint density at radius 1 is 1.30 bits per heavy atom. The normalized spacial score (nSPS) is 13.3. The zero-order valence-electron chi connectivity index (χ0n) is 13.1. The second-order valence-corrected chi connectivity index (χ2v) is 6.59. The average Bonchev–Trinajstić information content (AvgIpc) is 2.33. The van der Waals surface area contributed by atoms with E-state index in [1.165, 1.54) is 0 Å². The zero-order chi connectivity index (χ0) is 15.3. The SMILES string of the molecule is CCCc1nc(Cl)c(C)c(NC(CCO)C(C)(C)C)n1. The number of halogens is 1. The van der Waals surface area contributed by atoms with Crippen LogP contribution in [0.15, 0.2) is 0 Å². The molecule has 0 aliphatic heterocycles. The summed E-state index contributed by atoms with van der Waals surface area (Å²) in [5.41, 5.74) is 0.885. The molecule has 0 saturated heterocycles. The van der Waals surface area contributed by atoms with Crippen molar-refractivity contribution in [3.05, 3.63) is 16.5 Å². The molecule has 0 fully saturated rings. The largest absolute Gasteiger partial charge is 0.396 e. The first kappa shape index (κ1) is 17.2. The van der Waals surface area contributed by atoms with E-state index in [1.807, 2.05) is 6.92 Å². The average molecular weight is 300 g/mol. The van der Waals surface area contributed by atoms with Crippen LogP contribution in [0.2, 0.25) is 5.15 Å². The van der Waals surface area contributed by atoms with Crippen LogP contribution in [-0.2, 0) is 6.42 Å². The van der Waals surface area contributed by atoms with E-state index in [0.717, 1.165) is 30.0 Å². The van der Waals surface area contributed by atoms with Gasteiger partial charge in [-0.3, -0.25) is 0 Å². The molecule has 0 amide bonds. The number of aliphatic hydroxyl groups is 1. The number of aromatic nitrogens is 2. The lowest BCUT2D eigenvalue weighted by Gasteiger charge is -2.32. The number of nitrogens with zero attached hydrogens (tertiary/aromatic N) is 2. The summed E-state index contributed by atoms with van der Waals surface area (Å²) in [5, 5.41) is 13.2. The lowest BCUT2D eigenvalue weighted by molar-refractivity contribution is 0.235. The molecule has 0 radical (unpaired) electrons. The third kappa shape index (κ3) is 4.60. The van der Waals surface area contributed by atoms with Crippen LogP contribution in [0.4, 0.5) is 5.82 Å². The van der Waals surface area contributed by atoms with Crippen molar-refractivity contribution < 1.29 is 5.11 Å². The van der Waals surface area contributed by atoms with Gasteiger partial charge in [-0.15, -0.1) is 0 Å². The van der Waals surface area contributed by atoms with Gasteiger partial charge in [0.05, 0.1) is 0 Å². The first-order chi connectivity index (χ1) is 9.29. The van der Waals surface area contributed by atoms with Crippen molar-refractivity contribution in [3.8, 4) is 0 Å². The van der Waals surface area contributed by atoms with Crippen molar-refractivity contribution in [1.29, 1.82) is 0 Å². The van der Waals surface area contributed by atoms with E-state index < -0.39 is 0 Å². The number of aliphatic hydroxyl groups excluding tert-OH is 1. The predicted molar refractivity (Wildman–Crippen MR) is 84.3 cm³/mol. The third-order valence-electron chi connectivity index (χ3n) is 3.38. The second-order valence-electron chi connectivity index (χ2n) is 6.23. The van der Waals surface area contributed by atoms with Gasteiger partial charge in [-0.2, -0.15) is 0 Å². The molecule has 20 heavy (non-hydrogen) atoms. The van der Waals surface area contributed by atoms with E-state index >= 15 is 0 Å². The molecule has 0 aromatic carbocycles. The Balaban J connectivity index is 3.05. The maximum atomic E-state index is 9.24. The molecule has 114 valence electrons. The number of aryl methyl sites for hydroxylation is 1. The van der Waals surface area contributed by atoms with Gasteiger partial charge in [-0.1, -0.05) is 39.3 Å². The topological polar surface area (TPSA) is 58.0 Å². The van der Waals surface area contributed by atoms with Crippen molar-refractivity contribution in [2.75, 3.05) is 11.9 Å². The standard InChI is InChI=1S/C15H26ClN3O/c1-6-7-12-18-13(16)10(2)14(19-12)17-11(8-9-20)15(3,4)5/h11,20H,6-9H2,1-5H3,(H,17,18,19). The van der Waals surface area contributed by atoms with Gasteiger partial charge in [0.15, 0.2) is 0 Å². The smallest absolute Gasteiger partial charge is 0.137 e. The van der Waals surface area contributed by atoms with Crippen LogP contribution in [0.1, 0.15) is 51.9 Å². The molecule has 1 aromatic rings. The van der Waals surface area contributed by atoms with Crippen LogP contribution in [0, 0.1) is 12.3 Å². The van der Waals surface area contributed by atoms with E-state index in [0.29, 0.717) is 11.6 Å². The molecule has 1 heterocycles. The summed E-state index contributed by atoms with van der Waals surface area (Å²) < 4.78 is 0. The van der Waals surface area contributed by atoms with Crippen molar-refractivity contribution in [2.24, 2.45) is 5.41 Å². The van der Waals surface area contributed by atoms with Gasteiger partial charge in [0, 0.05) is 24.6 Å². The van der Waals surface area contributed by atoms with Crippen molar-refractivity contribution >= 4 is 17.4 Å². The van der Waals surface area contributed by atoms with Gasteiger partial charge < -0.3 is 10.4 Å². The Morgan fingerprint density at radius 2 is 1.95 bits per heavy atom. The summed E-state index contributed by atoms with van der Waals surface area (Å²) in [4.78, 5) is 8.87. The molecule has 4 nitrogen and oxygen atoms in total. The number of hydrogen-bond donors (Lipinski definition) is 2. The Hall–Kier alpha value is -0.870. The highest BCUT2D eigenvalue weighted by Gasteiger charge is 2.25. The molecular formula is C15H26ClN3O. The number of anilines is 1. The fourth-order valence-electron chi connectivity index (χ4n) is 2.02. The molecule has 5 heteroatoms. The summed E-state index contributed by atoms with van der Waals surface area (Å²) >= 11 is 6.19. The first-order valence-corrected chi connectivity index (χ1v) is 7.57. The van der Waals surface area contributed by atoms with E-state index in [-0.39, 0.29) is 18.1 Å². The van der Waals surface area contributed by atoms with E-state index in [9.17, 15) is 5.11 Å². The molecule has 0 saturated carbocycles. The Kier molecular flexibility index (Phi) is 6.21.